The highest BCUT2D eigenvalue weighted by Gasteiger charge is 2.25. The molecule has 29 heavy (non-hydrogen) atoms. The number of ether oxygens (including phenoxy) is 1. The number of carbonyl (C=O) groups excluding carboxylic acids is 2. The first-order valence-electron chi connectivity index (χ1n) is 10.6. The number of hydrogen-bond acceptors (Lipinski definition) is 3. The van der Waals surface area contributed by atoms with Gasteiger partial charge in [0.15, 0.2) is 0 Å². The summed E-state index contributed by atoms with van der Waals surface area (Å²) < 4.78 is 5.28. The highest BCUT2D eigenvalue weighted by Crippen LogP contribution is 2.29. The Balaban J connectivity index is 1.46. The van der Waals surface area contributed by atoms with Gasteiger partial charge in [0.25, 0.3) is 0 Å². The van der Waals surface area contributed by atoms with Crippen molar-refractivity contribution >= 4 is 29.1 Å². The van der Waals surface area contributed by atoms with Gasteiger partial charge in [-0.3, -0.25) is 9.59 Å². The molecule has 2 aliphatic rings. The summed E-state index contributed by atoms with van der Waals surface area (Å²) >= 11 is 6.02. The molecule has 5 nitrogen and oxygen atoms in total. The number of methoxy groups -OCH3 is 1. The topological polar surface area (TPSA) is 58.6 Å². The van der Waals surface area contributed by atoms with Crippen LogP contribution in [0.1, 0.15) is 57.8 Å². The highest BCUT2D eigenvalue weighted by atomic mass is 35.5. The highest BCUT2D eigenvalue weighted by molar-refractivity contribution is 6.31. The molecule has 2 amide bonds. The number of piperidine rings is 1. The molecule has 0 unspecified atom stereocenters. The van der Waals surface area contributed by atoms with Crippen LogP contribution in [0.4, 0.5) is 5.69 Å². The third-order valence-corrected chi connectivity index (χ3v) is 6.09. The van der Waals surface area contributed by atoms with E-state index >= 15 is 0 Å². The maximum absolute atomic E-state index is 12.7. The number of likely N-dealkylation sites (tertiary alicyclic amines) is 1. The Kier molecular flexibility index (Phi) is 7.99. The van der Waals surface area contributed by atoms with Gasteiger partial charge in [-0.1, -0.05) is 23.3 Å². The van der Waals surface area contributed by atoms with Gasteiger partial charge >= 0.3 is 0 Å². The molecule has 1 heterocycles. The molecule has 1 aromatic carbocycles. The molecule has 1 aliphatic heterocycles. The van der Waals surface area contributed by atoms with Crippen LogP contribution in [-0.2, 0) is 9.59 Å². The average molecular weight is 419 g/mol. The lowest BCUT2D eigenvalue weighted by Gasteiger charge is -2.33. The van der Waals surface area contributed by atoms with Crippen molar-refractivity contribution in [2.24, 2.45) is 5.92 Å². The van der Waals surface area contributed by atoms with E-state index in [4.69, 9.17) is 16.3 Å². The minimum Gasteiger partial charge on any atom is -0.495 e. The molecule has 158 valence electrons. The molecule has 3 rings (SSSR count). The molecule has 0 bridgehead atoms. The molecule has 0 radical (unpaired) electrons. The minimum absolute atomic E-state index is 0.0543. The molecule has 0 spiro atoms. The summed E-state index contributed by atoms with van der Waals surface area (Å²) in [5.41, 5.74) is 1.89. The number of rotatable bonds is 7. The minimum atomic E-state index is -0.0543. The van der Waals surface area contributed by atoms with Gasteiger partial charge < -0.3 is 15.0 Å². The smallest absolute Gasteiger partial charge is 0.226 e. The Labute approximate surface area is 178 Å². The lowest BCUT2D eigenvalue weighted by atomic mass is 9.92. The van der Waals surface area contributed by atoms with Crippen molar-refractivity contribution in [2.45, 2.75) is 57.8 Å². The van der Waals surface area contributed by atoms with E-state index in [1.807, 2.05) is 4.90 Å². The summed E-state index contributed by atoms with van der Waals surface area (Å²) in [5, 5.41) is 3.45. The SMILES string of the molecule is COc1ccc(Cl)cc1NC(=O)CC[C@H]1CCCN(C(=O)CC2=CCCCC2)C1. The predicted octanol–water partition coefficient (Wildman–Crippen LogP) is 5.20. The Morgan fingerprint density at radius 2 is 2.14 bits per heavy atom. The van der Waals surface area contributed by atoms with Crippen molar-refractivity contribution in [3.63, 3.8) is 0 Å². The molecular formula is C23H31ClN2O3. The van der Waals surface area contributed by atoms with E-state index in [1.165, 1.54) is 18.4 Å². The number of carbonyl (C=O) groups is 2. The van der Waals surface area contributed by atoms with Crippen molar-refractivity contribution in [3.05, 3.63) is 34.9 Å². The van der Waals surface area contributed by atoms with E-state index in [2.05, 4.69) is 11.4 Å². The van der Waals surface area contributed by atoms with Gasteiger partial charge in [0.1, 0.15) is 5.75 Å². The molecule has 1 atom stereocenters. The lowest BCUT2D eigenvalue weighted by Crippen LogP contribution is -2.40. The van der Waals surface area contributed by atoms with Crippen molar-refractivity contribution in [3.8, 4) is 5.75 Å². The Morgan fingerprint density at radius 1 is 1.28 bits per heavy atom. The second-order valence-electron chi connectivity index (χ2n) is 8.06. The van der Waals surface area contributed by atoms with Crippen LogP contribution in [0, 0.1) is 5.92 Å². The van der Waals surface area contributed by atoms with E-state index in [0.717, 1.165) is 45.2 Å². The van der Waals surface area contributed by atoms with Gasteiger partial charge in [-0.2, -0.15) is 0 Å². The summed E-state index contributed by atoms with van der Waals surface area (Å²) in [4.78, 5) is 27.1. The largest absolute Gasteiger partial charge is 0.495 e. The van der Waals surface area contributed by atoms with Gasteiger partial charge in [0.2, 0.25) is 11.8 Å². The van der Waals surface area contributed by atoms with Crippen molar-refractivity contribution in [2.75, 3.05) is 25.5 Å². The zero-order valence-corrected chi connectivity index (χ0v) is 18.0. The number of hydrogen-bond donors (Lipinski definition) is 1. The van der Waals surface area contributed by atoms with Gasteiger partial charge in [-0.05, 0) is 69.1 Å². The zero-order valence-electron chi connectivity index (χ0n) is 17.2. The van der Waals surface area contributed by atoms with Crippen LogP contribution in [-0.4, -0.2) is 36.9 Å². The fourth-order valence-electron chi connectivity index (χ4n) is 4.22. The summed E-state index contributed by atoms with van der Waals surface area (Å²) in [6.45, 7) is 1.61. The summed E-state index contributed by atoms with van der Waals surface area (Å²) in [5.74, 6) is 1.16. The fraction of sp³-hybridized carbons (Fsp3) is 0.565. The van der Waals surface area contributed by atoms with Crippen LogP contribution in [0.25, 0.3) is 0 Å². The maximum atomic E-state index is 12.7. The van der Waals surface area contributed by atoms with Gasteiger partial charge in [0.05, 0.1) is 12.8 Å². The first-order chi connectivity index (χ1) is 14.0. The van der Waals surface area contributed by atoms with Crippen LogP contribution in [0.3, 0.4) is 0 Å². The van der Waals surface area contributed by atoms with Gasteiger partial charge in [-0.25, -0.2) is 0 Å². The van der Waals surface area contributed by atoms with Crippen molar-refractivity contribution in [1.29, 1.82) is 0 Å². The maximum Gasteiger partial charge on any atom is 0.226 e. The monoisotopic (exact) mass is 418 g/mol. The van der Waals surface area contributed by atoms with Crippen LogP contribution in [0.15, 0.2) is 29.8 Å². The van der Waals surface area contributed by atoms with Crippen molar-refractivity contribution < 1.29 is 14.3 Å². The van der Waals surface area contributed by atoms with Gasteiger partial charge in [0, 0.05) is 31.0 Å². The number of benzene rings is 1. The number of amides is 2. The van der Waals surface area contributed by atoms with E-state index in [1.54, 1.807) is 25.3 Å². The molecule has 1 aliphatic carbocycles. The molecule has 1 aromatic rings. The number of allylic oxidation sites excluding steroid dienone is 1. The van der Waals surface area contributed by atoms with Crippen molar-refractivity contribution in [1.82, 2.24) is 4.90 Å². The van der Waals surface area contributed by atoms with Crippen LogP contribution in [0.5, 0.6) is 5.75 Å². The number of nitrogens with zero attached hydrogens (tertiary/aromatic N) is 1. The molecular weight excluding hydrogens is 388 g/mol. The van der Waals surface area contributed by atoms with Crippen LogP contribution in [0.2, 0.25) is 5.02 Å². The quantitative estimate of drug-likeness (QED) is 0.619. The molecule has 0 saturated carbocycles. The van der Waals surface area contributed by atoms with E-state index in [-0.39, 0.29) is 11.8 Å². The molecule has 1 N–H and O–H groups in total. The van der Waals surface area contributed by atoms with E-state index < -0.39 is 0 Å². The summed E-state index contributed by atoms with van der Waals surface area (Å²) in [7, 11) is 1.57. The molecule has 6 heteroatoms. The predicted molar refractivity (Wildman–Crippen MR) is 116 cm³/mol. The lowest BCUT2D eigenvalue weighted by molar-refractivity contribution is -0.132. The number of nitrogens with one attached hydrogen (secondary N) is 1. The Bertz CT molecular complexity index is 762. The fourth-order valence-corrected chi connectivity index (χ4v) is 4.40. The summed E-state index contributed by atoms with van der Waals surface area (Å²) in [6, 6.07) is 5.16. The second kappa shape index (κ2) is 10.7. The van der Waals surface area contributed by atoms with Gasteiger partial charge in [-0.15, -0.1) is 0 Å². The molecule has 1 saturated heterocycles. The number of anilines is 1. The Morgan fingerprint density at radius 3 is 2.90 bits per heavy atom. The van der Waals surface area contributed by atoms with Crippen LogP contribution >= 0.6 is 11.6 Å². The molecule has 1 fully saturated rings. The van der Waals surface area contributed by atoms with E-state index in [9.17, 15) is 9.59 Å². The second-order valence-corrected chi connectivity index (χ2v) is 8.50. The average Bonchev–Trinajstić information content (AvgIpc) is 2.73. The first-order valence-corrected chi connectivity index (χ1v) is 11.0. The van der Waals surface area contributed by atoms with E-state index in [0.29, 0.717) is 35.2 Å². The van der Waals surface area contributed by atoms with Crippen LogP contribution < -0.4 is 10.1 Å². The standard InChI is InChI=1S/C23H31ClN2O3/c1-29-21-11-10-19(24)15-20(21)25-22(27)12-9-18-8-5-13-26(16-18)23(28)14-17-6-3-2-4-7-17/h6,10-11,15,18H,2-5,7-9,12-14,16H2,1H3,(H,25,27)/t18-/m1/s1. The first kappa shape index (κ1) is 21.7. The number of halogens is 1. The zero-order chi connectivity index (χ0) is 20.6. The molecule has 0 aromatic heterocycles. The third kappa shape index (κ3) is 6.49. The Hall–Kier alpha value is -2.01. The normalized spacial score (nSPS) is 19.4. The third-order valence-electron chi connectivity index (χ3n) is 5.85. The summed E-state index contributed by atoms with van der Waals surface area (Å²) in [6.07, 6.45) is 10.7.